The summed E-state index contributed by atoms with van der Waals surface area (Å²) in [5, 5.41) is 4.56. The second-order valence-corrected chi connectivity index (χ2v) is 5.87. The minimum Gasteiger partial charge on any atom is -0.330 e. The molecule has 1 fully saturated rings. The van der Waals surface area contributed by atoms with Gasteiger partial charge in [-0.2, -0.15) is 5.10 Å². The number of aromatic nitrogens is 2. The summed E-state index contributed by atoms with van der Waals surface area (Å²) < 4.78 is 3.25. The number of hydrogen-bond donors (Lipinski definition) is 1. The van der Waals surface area contributed by atoms with E-state index < -0.39 is 0 Å². The molecule has 1 aromatic rings. The van der Waals surface area contributed by atoms with Crippen LogP contribution in [0.3, 0.4) is 0 Å². The third-order valence-corrected chi connectivity index (χ3v) is 4.99. The summed E-state index contributed by atoms with van der Waals surface area (Å²) >= 11 is 3.70. The summed E-state index contributed by atoms with van der Waals surface area (Å²) in [6.45, 7) is 2.98. The van der Waals surface area contributed by atoms with E-state index in [-0.39, 0.29) is 0 Å². The lowest BCUT2D eigenvalue weighted by Crippen LogP contribution is -2.21. The van der Waals surface area contributed by atoms with Crippen molar-refractivity contribution in [2.75, 3.05) is 6.54 Å². The highest BCUT2D eigenvalue weighted by Gasteiger charge is 2.28. The van der Waals surface area contributed by atoms with Gasteiger partial charge in [0.1, 0.15) is 0 Å². The molecule has 1 aliphatic carbocycles. The predicted octanol–water partition coefficient (Wildman–Crippen LogP) is 2.66. The lowest BCUT2D eigenvalue weighted by atomic mass is 9.91. The number of nitrogens with two attached hydrogens (primary N) is 1. The Hall–Kier alpha value is -0.350. The van der Waals surface area contributed by atoms with Crippen molar-refractivity contribution in [3.8, 4) is 0 Å². The van der Waals surface area contributed by atoms with Crippen LogP contribution in [0.1, 0.15) is 37.6 Å². The number of nitrogens with zero attached hydrogens (tertiary/aromatic N) is 2. The number of aryl methyl sites for hydroxylation is 2. The van der Waals surface area contributed by atoms with Crippen LogP contribution in [-0.2, 0) is 19.9 Å². The maximum atomic E-state index is 5.85. The topological polar surface area (TPSA) is 43.8 Å². The summed E-state index contributed by atoms with van der Waals surface area (Å²) in [6.07, 6.45) is 6.06. The lowest BCUT2D eigenvalue weighted by Gasteiger charge is -2.17. The summed E-state index contributed by atoms with van der Waals surface area (Å²) in [4.78, 5) is 0. The Morgan fingerprint density at radius 2 is 2.12 bits per heavy atom. The minimum atomic E-state index is 0.710. The van der Waals surface area contributed by atoms with Crippen molar-refractivity contribution in [2.45, 2.75) is 39.0 Å². The maximum Gasteiger partial charge on any atom is 0.0766 e. The molecule has 1 aromatic heterocycles. The normalized spacial score (nSPS) is 24.5. The van der Waals surface area contributed by atoms with E-state index in [1.165, 1.54) is 35.1 Å². The Morgan fingerprint density at radius 3 is 2.71 bits per heavy atom. The van der Waals surface area contributed by atoms with Crippen LogP contribution in [0.15, 0.2) is 4.47 Å². The highest BCUT2D eigenvalue weighted by molar-refractivity contribution is 9.10. The van der Waals surface area contributed by atoms with Gasteiger partial charge in [0.25, 0.3) is 0 Å². The first kappa shape index (κ1) is 13.1. The van der Waals surface area contributed by atoms with E-state index in [0.29, 0.717) is 5.92 Å². The first-order valence-electron chi connectivity index (χ1n) is 6.57. The van der Waals surface area contributed by atoms with Crippen molar-refractivity contribution in [3.05, 3.63) is 15.9 Å². The average Bonchev–Trinajstić information content (AvgIpc) is 2.88. The Balaban J connectivity index is 2.15. The Labute approximate surface area is 112 Å². The molecule has 0 aromatic carbocycles. The van der Waals surface area contributed by atoms with E-state index >= 15 is 0 Å². The van der Waals surface area contributed by atoms with Gasteiger partial charge >= 0.3 is 0 Å². The molecule has 0 amide bonds. The molecule has 2 N–H and O–H groups in total. The zero-order chi connectivity index (χ0) is 12.4. The van der Waals surface area contributed by atoms with E-state index in [4.69, 9.17) is 5.73 Å². The molecule has 1 saturated carbocycles. The van der Waals surface area contributed by atoms with Gasteiger partial charge in [0.15, 0.2) is 0 Å². The third kappa shape index (κ3) is 2.58. The summed E-state index contributed by atoms with van der Waals surface area (Å²) in [5.74, 6) is 1.46. The van der Waals surface area contributed by atoms with Crippen molar-refractivity contribution in [1.29, 1.82) is 0 Å². The van der Waals surface area contributed by atoms with Gasteiger partial charge in [-0.25, -0.2) is 0 Å². The Morgan fingerprint density at radius 1 is 1.41 bits per heavy atom. The summed E-state index contributed by atoms with van der Waals surface area (Å²) in [7, 11) is 2.05. The largest absolute Gasteiger partial charge is 0.330 e. The standard InChI is InChI=1S/C13H22BrN3/c1-3-11-13(14)12(17(2)16-11)7-9-5-4-6-10(9)8-15/h9-10H,3-8,15H2,1-2H3. The fourth-order valence-corrected chi connectivity index (χ4v) is 3.76. The van der Waals surface area contributed by atoms with Gasteiger partial charge in [0, 0.05) is 7.05 Å². The molecule has 0 radical (unpaired) electrons. The molecule has 4 heteroatoms. The van der Waals surface area contributed by atoms with Gasteiger partial charge in [-0.3, -0.25) is 4.68 Å². The van der Waals surface area contributed by atoms with Crippen molar-refractivity contribution in [1.82, 2.24) is 9.78 Å². The molecule has 0 bridgehead atoms. The van der Waals surface area contributed by atoms with E-state index in [1.807, 2.05) is 11.7 Å². The van der Waals surface area contributed by atoms with Crippen molar-refractivity contribution in [3.63, 3.8) is 0 Å². The van der Waals surface area contributed by atoms with Crippen LogP contribution in [0.25, 0.3) is 0 Å². The zero-order valence-electron chi connectivity index (χ0n) is 10.7. The first-order valence-corrected chi connectivity index (χ1v) is 7.37. The second kappa shape index (κ2) is 5.53. The van der Waals surface area contributed by atoms with Gasteiger partial charge in [-0.15, -0.1) is 0 Å². The van der Waals surface area contributed by atoms with Crippen LogP contribution in [0, 0.1) is 11.8 Å². The van der Waals surface area contributed by atoms with Gasteiger partial charge in [0.05, 0.1) is 15.9 Å². The van der Waals surface area contributed by atoms with E-state index in [2.05, 4.69) is 28.0 Å². The molecule has 2 unspecified atom stereocenters. The highest BCUT2D eigenvalue weighted by atomic mass is 79.9. The second-order valence-electron chi connectivity index (χ2n) is 5.08. The minimum absolute atomic E-state index is 0.710. The number of hydrogen-bond acceptors (Lipinski definition) is 2. The van der Waals surface area contributed by atoms with Crippen molar-refractivity contribution in [2.24, 2.45) is 24.6 Å². The van der Waals surface area contributed by atoms with Gasteiger partial charge in [-0.05, 0) is 60.0 Å². The monoisotopic (exact) mass is 299 g/mol. The molecule has 1 heterocycles. The van der Waals surface area contributed by atoms with E-state index in [0.717, 1.165) is 25.3 Å². The van der Waals surface area contributed by atoms with E-state index in [9.17, 15) is 0 Å². The number of rotatable bonds is 4. The van der Waals surface area contributed by atoms with Crippen LogP contribution in [0.2, 0.25) is 0 Å². The Kier molecular flexibility index (Phi) is 4.26. The average molecular weight is 300 g/mol. The molecule has 17 heavy (non-hydrogen) atoms. The molecular weight excluding hydrogens is 278 g/mol. The van der Waals surface area contributed by atoms with Crippen LogP contribution in [0.5, 0.6) is 0 Å². The fourth-order valence-electron chi connectivity index (χ4n) is 2.98. The van der Waals surface area contributed by atoms with Crippen molar-refractivity contribution < 1.29 is 0 Å². The third-order valence-electron chi connectivity index (χ3n) is 4.08. The van der Waals surface area contributed by atoms with Crippen LogP contribution in [0.4, 0.5) is 0 Å². The first-order chi connectivity index (χ1) is 8.17. The SMILES string of the molecule is CCc1nn(C)c(CC2CCCC2CN)c1Br. The Bertz CT molecular complexity index is 386. The molecule has 3 nitrogen and oxygen atoms in total. The molecule has 0 spiro atoms. The quantitative estimate of drug-likeness (QED) is 0.929. The molecule has 96 valence electrons. The van der Waals surface area contributed by atoms with E-state index in [1.54, 1.807) is 0 Å². The summed E-state index contributed by atoms with van der Waals surface area (Å²) in [6, 6.07) is 0. The molecule has 0 saturated heterocycles. The molecule has 2 rings (SSSR count). The number of halogens is 1. The molecule has 2 atom stereocenters. The van der Waals surface area contributed by atoms with Gasteiger partial charge < -0.3 is 5.73 Å². The van der Waals surface area contributed by atoms with Crippen molar-refractivity contribution >= 4 is 15.9 Å². The fraction of sp³-hybridized carbons (Fsp3) is 0.769. The predicted molar refractivity (Wildman–Crippen MR) is 73.9 cm³/mol. The van der Waals surface area contributed by atoms with Crippen LogP contribution in [-0.4, -0.2) is 16.3 Å². The zero-order valence-corrected chi connectivity index (χ0v) is 12.3. The van der Waals surface area contributed by atoms with Gasteiger partial charge in [-0.1, -0.05) is 13.3 Å². The van der Waals surface area contributed by atoms with Crippen LogP contribution >= 0.6 is 15.9 Å². The molecule has 0 aliphatic heterocycles. The smallest absolute Gasteiger partial charge is 0.0766 e. The molecule has 1 aliphatic rings. The van der Waals surface area contributed by atoms with Crippen LogP contribution < -0.4 is 5.73 Å². The van der Waals surface area contributed by atoms with Gasteiger partial charge in [0.2, 0.25) is 0 Å². The lowest BCUT2D eigenvalue weighted by molar-refractivity contribution is 0.385. The highest BCUT2D eigenvalue weighted by Crippen LogP contribution is 2.35. The maximum absolute atomic E-state index is 5.85. The molecular formula is C13H22BrN3. The summed E-state index contributed by atoms with van der Waals surface area (Å²) in [5.41, 5.74) is 8.36.